The molecule has 2 aliphatic rings. The van der Waals surface area contributed by atoms with E-state index in [-0.39, 0.29) is 24.0 Å². The highest BCUT2D eigenvalue weighted by molar-refractivity contribution is 6.01. The fourth-order valence-corrected chi connectivity index (χ4v) is 2.22. The summed E-state index contributed by atoms with van der Waals surface area (Å²) in [6.45, 7) is 0.400. The van der Waals surface area contributed by atoms with E-state index >= 15 is 0 Å². The van der Waals surface area contributed by atoms with Crippen LogP contribution in [0, 0.1) is 0 Å². The van der Waals surface area contributed by atoms with Crippen molar-refractivity contribution >= 4 is 11.8 Å². The zero-order valence-corrected chi connectivity index (χ0v) is 9.33. The number of likely N-dealkylation sites (tertiary alicyclic amines) is 1. The van der Waals surface area contributed by atoms with Gasteiger partial charge in [0.25, 0.3) is 0 Å². The number of carbonyl (C=O) groups excluding carboxylic acids is 2. The van der Waals surface area contributed by atoms with Gasteiger partial charge in [0.2, 0.25) is 11.8 Å². The largest absolute Gasteiger partial charge is 0.363 e. The molecule has 0 radical (unpaired) electrons. The van der Waals surface area contributed by atoms with Crippen molar-refractivity contribution < 1.29 is 14.3 Å². The Balaban J connectivity index is 1.63. The summed E-state index contributed by atoms with van der Waals surface area (Å²) in [6.07, 6.45) is 0.712. The predicted molar refractivity (Wildman–Crippen MR) is 60.0 cm³/mol. The zero-order chi connectivity index (χ0) is 11.8. The lowest BCUT2D eigenvalue weighted by atomic mass is 10.1. The summed E-state index contributed by atoms with van der Waals surface area (Å²) in [7, 11) is 0. The third-order valence-corrected chi connectivity index (χ3v) is 3.23. The fourth-order valence-electron chi connectivity index (χ4n) is 2.22. The van der Waals surface area contributed by atoms with Crippen LogP contribution in [0.1, 0.15) is 24.5 Å². The molecule has 4 heteroatoms. The smallest absolute Gasteiger partial charge is 0.229 e. The first kappa shape index (κ1) is 10.5. The van der Waals surface area contributed by atoms with Crippen molar-refractivity contribution in [2.75, 3.05) is 6.54 Å². The fraction of sp³-hybridized carbons (Fsp3) is 0.385. The van der Waals surface area contributed by atoms with Gasteiger partial charge in [-0.25, -0.2) is 0 Å². The van der Waals surface area contributed by atoms with Crippen molar-refractivity contribution in [2.45, 2.75) is 25.0 Å². The van der Waals surface area contributed by atoms with Gasteiger partial charge in [-0.1, -0.05) is 30.3 Å². The monoisotopic (exact) mass is 231 g/mol. The number of hydrogen-bond donors (Lipinski definition) is 0. The van der Waals surface area contributed by atoms with Crippen LogP contribution in [0.3, 0.4) is 0 Å². The second kappa shape index (κ2) is 3.96. The molecule has 88 valence electrons. The standard InChI is InChI=1S/C13H13NO3/c15-11-6-7-12(16)14(11)8-10-13(17-10)9-4-2-1-3-5-9/h1-5,10,13H,6-8H2. The average molecular weight is 231 g/mol. The summed E-state index contributed by atoms with van der Waals surface area (Å²) in [4.78, 5) is 24.2. The number of amides is 2. The van der Waals surface area contributed by atoms with E-state index in [1.165, 1.54) is 4.90 Å². The highest BCUT2D eigenvalue weighted by Crippen LogP contribution is 2.39. The topological polar surface area (TPSA) is 49.9 Å². The molecule has 3 rings (SSSR count). The van der Waals surface area contributed by atoms with Gasteiger partial charge in [0.1, 0.15) is 12.2 Å². The van der Waals surface area contributed by atoms with Crippen molar-refractivity contribution in [1.82, 2.24) is 4.90 Å². The maximum absolute atomic E-state index is 11.4. The van der Waals surface area contributed by atoms with Crippen LogP contribution < -0.4 is 0 Å². The molecule has 0 bridgehead atoms. The van der Waals surface area contributed by atoms with Gasteiger partial charge < -0.3 is 4.74 Å². The molecule has 2 heterocycles. The second-order valence-electron chi connectivity index (χ2n) is 4.40. The molecular weight excluding hydrogens is 218 g/mol. The maximum atomic E-state index is 11.4. The minimum absolute atomic E-state index is 0.0246. The van der Waals surface area contributed by atoms with E-state index in [2.05, 4.69) is 0 Å². The molecule has 0 spiro atoms. The number of carbonyl (C=O) groups is 2. The number of ether oxygens (including phenoxy) is 1. The lowest BCUT2D eigenvalue weighted by Gasteiger charge is -2.11. The first-order valence-corrected chi connectivity index (χ1v) is 5.79. The normalized spacial score (nSPS) is 27.6. The predicted octanol–water partition coefficient (Wildman–Crippen LogP) is 1.28. The average Bonchev–Trinajstić information content (AvgIpc) is 3.06. The molecule has 2 amide bonds. The van der Waals surface area contributed by atoms with E-state index in [1.807, 2.05) is 30.3 Å². The molecular formula is C13H13NO3. The van der Waals surface area contributed by atoms with Crippen LogP contribution in [0.5, 0.6) is 0 Å². The van der Waals surface area contributed by atoms with Crippen LogP contribution in [-0.2, 0) is 14.3 Å². The molecule has 0 saturated carbocycles. The number of imide groups is 1. The summed E-state index contributed by atoms with van der Waals surface area (Å²) >= 11 is 0. The highest BCUT2D eigenvalue weighted by atomic mass is 16.6. The van der Waals surface area contributed by atoms with Crippen molar-refractivity contribution in [1.29, 1.82) is 0 Å². The van der Waals surface area contributed by atoms with E-state index in [0.717, 1.165) is 5.56 Å². The Morgan fingerprint density at radius 3 is 2.41 bits per heavy atom. The van der Waals surface area contributed by atoms with Crippen molar-refractivity contribution in [2.24, 2.45) is 0 Å². The van der Waals surface area contributed by atoms with Gasteiger partial charge in [-0.05, 0) is 5.56 Å². The van der Waals surface area contributed by atoms with Crippen molar-refractivity contribution in [3.8, 4) is 0 Å². The van der Waals surface area contributed by atoms with Crippen LogP contribution in [0.25, 0.3) is 0 Å². The van der Waals surface area contributed by atoms with E-state index in [9.17, 15) is 9.59 Å². The Morgan fingerprint density at radius 2 is 1.76 bits per heavy atom. The third kappa shape index (κ3) is 1.96. The molecule has 4 nitrogen and oxygen atoms in total. The summed E-state index contributed by atoms with van der Waals surface area (Å²) < 4.78 is 5.52. The lowest BCUT2D eigenvalue weighted by molar-refractivity contribution is -0.138. The Labute approximate surface area is 99.2 Å². The van der Waals surface area contributed by atoms with Gasteiger partial charge in [-0.2, -0.15) is 0 Å². The number of rotatable bonds is 3. The van der Waals surface area contributed by atoms with E-state index in [4.69, 9.17) is 4.74 Å². The SMILES string of the molecule is O=C1CCC(=O)N1CC1OC1c1ccccc1. The second-order valence-corrected chi connectivity index (χ2v) is 4.40. The number of hydrogen-bond acceptors (Lipinski definition) is 3. The molecule has 0 aliphatic carbocycles. The maximum Gasteiger partial charge on any atom is 0.229 e. The molecule has 17 heavy (non-hydrogen) atoms. The summed E-state index contributed by atoms with van der Waals surface area (Å²) in [6, 6.07) is 9.87. The van der Waals surface area contributed by atoms with Gasteiger partial charge >= 0.3 is 0 Å². The number of nitrogens with zero attached hydrogens (tertiary/aromatic N) is 1. The van der Waals surface area contributed by atoms with Crippen molar-refractivity contribution in [3.05, 3.63) is 35.9 Å². The van der Waals surface area contributed by atoms with Crippen molar-refractivity contribution in [3.63, 3.8) is 0 Å². The van der Waals surface area contributed by atoms with Crippen LogP contribution in [0.4, 0.5) is 0 Å². The first-order chi connectivity index (χ1) is 8.25. The molecule has 2 atom stereocenters. The van der Waals surface area contributed by atoms with Crippen LogP contribution >= 0.6 is 0 Å². The molecule has 2 saturated heterocycles. The minimum Gasteiger partial charge on any atom is -0.363 e. The number of benzene rings is 1. The Morgan fingerprint density at radius 1 is 1.12 bits per heavy atom. The van der Waals surface area contributed by atoms with Gasteiger partial charge in [-0.15, -0.1) is 0 Å². The van der Waals surface area contributed by atoms with Gasteiger partial charge in [0.15, 0.2) is 0 Å². The van der Waals surface area contributed by atoms with Crippen LogP contribution in [-0.4, -0.2) is 29.4 Å². The van der Waals surface area contributed by atoms with Crippen LogP contribution in [0.15, 0.2) is 30.3 Å². The first-order valence-electron chi connectivity index (χ1n) is 5.79. The van der Waals surface area contributed by atoms with Gasteiger partial charge in [0.05, 0.1) is 6.54 Å². The summed E-state index contributed by atoms with van der Waals surface area (Å²) in [5, 5.41) is 0. The van der Waals surface area contributed by atoms with Gasteiger partial charge in [0, 0.05) is 12.8 Å². The Kier molecular flexibility index (Phi) is 2.44. The molecule has 2 aliphatic heterocycles. The molecule has 2 fully saturated rings. The minimum atomic E-state index is -0.0719. The van der Waals surface area contributed by atoms with E-state index in [0.29, 0.717) is 19.4 Å². The molecule has 1 aromatic rings. The van der Waals surface area contributed by atoms with E-state index < -0.39 is 0 Å². The number of epoxide rings is 1. The molecule has 2 unspecified atom stereocenters. The van der Waals surface area contributed by atoms with Crippen LogP contribution in [0.2, 0.25) is 0 Å². The molecule has 1 aromatic carbocycles. The Hall–Kier alpha value is -1.68. The summed E-state index contributed by atoms with van der Waals surface area (Å²) in [5.74, 6) is -0.144. The lowest BCUT2D eigenvalue weighted by Crippen LogP contribution is -2.32. The Bertz CT molecular complexity index is 441. The summed E-state index contributed by atoms with van der Waals surface area (Å²) in [5.41, 5.74) is 1.11. The molecule has 0 N–H and O–H groups in total. The highest BCUT2D eigenvalue weighted by Gasteiger charge is 2.44. The van der Waals surface area contributed by atoms with Gasteiger partial charge in [-0.3, -0.25) is 14.5 Å². The third-order valence-electron chi connectivity index (χ3n) is 3.23. The zero-order valence-electron chi connectivity index (χ0n) is 9.33. The quantitative estimate of drug-likeness (QED) is 0.581. The molecule has 0 aromatic heterocycles. The van der Waals surface area contributed by atoms with E-state index in [1.54, 1.807) is 0 Å².